The number of rotatable bonds is 2. The third-order valence-corrected chi connectivity index (χ3v) is 2.26. The number of nitriles is 1. The number of aliphatic hydroxyl groups excluding tert-OH is 1. The normalized spacial score (nSPS) is 11.9. The molecule has 0 spiro atoms. The first-order chi connectivity index (χ1) is 6.97. The van der Waals surface area contributed by atoms with Gasteiger partial charge in [0.15, 0.2) is 6.10 Å². The summed E-state index contributed by atoms with van der Waals surface area (Å²) in [5.41, 5.74) is 2.10. The lowest BCUT2D eigenvalue weighted by molar-refractivity contribution is -0.147. The van der Waals surface area contributed by atoms with Gasteiger partial charge < -0.3 is 10.2 Å². The van der Waals surface area contributed by atoms with Gasteiger partial charge in [-0.15, -0.1) is 0 Å². The van der Waals surface area contributed by atoms with Crippen molar-refractivity contribution in [1.82, 2.24) is 0 Å². The van der Waals surface area contributed by atoms with Gasteiger partial charge in [-0.25, -0.2) is 4.79 Å². The molecule has 4 nitrogen and oxygen atoms in total. The van der Waals surface area contributed by atoms with E-state index in [4.69, 9.17) is 10.4 Å². The number of aliphatic carboxylic acids is 1. The highest BCUT2D eigenvalue weighted by Gasteiger charge is 2.19. The van der Waals surface area contributed by atoms with E-state index in [2.05, 4.69) is 0 Å². The number of carboxylic acid groups (broad SMARTS) is 1. The van der Waals surface area contributed by atoms with Crippen LogP contribution in [0.25, 0.3) is 0 Å². The van der Waals surface area contributed by atoms with E-state index in [9.17, 15) is 9.90 Å². The van der Waals surface area contributed by atoms with Crippen molar-refractivity contribution in [3.63, 3.8) is 0 Å². The van der Waals surface area contributed by atoms with Crippen molar-refractivity contribution >= 4 is 5.97 Å². The maximum atomic E-state index is 10.6. The minimum absolute atomic E-state index is 0.332. The van der Waals surface area contributed by atoms with Crippen LogP contribution in [-0.2, 0) is 4.79 Å². The molecule has 0 fully saturated rings. The van der Waals surface area contributed by atoms with Gasteiger partial charge in [-0.05, 0) is 36.6 Å². The van der Waals surface area contributed by atoms with Gasteiger partial charge in [-0.2, -0.15) is 5.26 Å². The second kappa shape index (κ2) is 4.11. The summed E-state index contributed by atoms with van der Waals surface area (Å²) in [6, 6.07) is 5.12. The summed E-state index contributed by atoms with van der Waals surface area (Å²) in [7, 11) is 0. The van der Waals surface area contributed by atoms with Crippen molar-refractivity contribution in [2.75, 3.05) is 0 Å². The van der Waals surface area contributed by atoms with E-state index >= 15 is 0 Å². The van der Waals surface area contributed by atoms with E-state index in [0.717, 1.165) is 0 Å². The molecule has 0 aliphatic heterocycles. The summed E-state index contributed by atoms with van der Waals surface area (Å²) in [5, 5.41) is 26.8. The molecule has 15 heavy (non-hydrogen) atoms. The minimum Gasteiger partial charge on any atom is -0.479 e. The summed E-state index contributed by atoms with van der Waals surface area (Å²) in [5.74, 6) is -1.29. The molecule has 0 amide bonds. The Morgan fingerprint density at radius 2 is 2.00 bits per heavy atom. The number of nitrogens with zero attached hydrogens (tertiary/aromatic N) is 1. The molecule has 0 bridgehead atoms. The first-order valence-corrected chi connectivity index (χ1v) is 4.39. The summed E-state index contributed by atoms with van der Waals surface area (Å²) in [6.45, 7) is 3.37. The van der Waals surface area contributed by atoms with Crippen molar-refractivity contribution in [3.8, 4) is 6.07 Å². The van der Waals surface area contributed by atoms with Crippen LogP contribution in [0.1, 0.15) is 28.4 Å². The highest BCUT2D eigenvalue weighted by molar-refractivity contribution is 5.74. The molecule has 4 heteroatoms. The van der Waals surface area contributed by atoms with E-state index in [1.807, 2.05) is 6.07 Å². The standard InChI is InChI=1S/C11H11NO3/c1-6-4-9(10(13)11(14)15)7(2)3-8(6)5-12/h3-4,10,13H,1-2H3,(H,14,15). The van der Waals surface area contributed by atoms with Crippen LogP contribution in [0, 0.1) is 25.2 Å². The molecule has 0 aliphatic rings. The largest absolute Gasteiger partial charge is 0.479 e. The smallest absolute Gasteiger partial charge is 0.337 e. The fourth-order valence-electron chi connectivity index (χ4n) is 1.39. The highest BCUT2D eigenvalue weighted by Crippen LogP contribution is 2.21. The van der Waals surface area contributed by atoms with E-state index in [1.165, 1.54) is 6.07 Å². The van der Waals surface area contributed by atoms with Crippen LogP contribution >= 0.6 is 0 Å². The number of hydrogen-bond donors (Lipinski definition) is 2. The Bertz CT molecular complexity index is 446. The topological polar surface area (TPSA) is 81.3 Å². The second-order valence-electron chi connectivity index (χ2n) is 3.38. The lowest BCUT2D eigenvalue weighted by Gasteiger charge is -2.11. The first-order valence-electron chi connectivity index (χ1n) is 4.39. The number of hydrogen-bond acceptors (Lipinski definition) is 3. The third kappa shape index (κ3) is 2.14. The molecule has 1 aromatic rings. The first kappa shape index (κ1) is 11.2. The zero-order valence-electron chi connectivity index (χ0n) is 8.48. The van der Waals surface area contributed by atoms with Crippen LogP contribution in [-0.4, -0.2) is 16.2 Å². The van der Waals surface area contributed by atoms with E-state index in [1.54, 1.807) is 19.9 Å². The highest BCUT2D eigenvalue weighted by atomic mass is 16.4. The lowest BCUT2D eigenvalue weighted by Crippen LogP contribution is -2.12. The molecule has 2 N–H and O–H groups in total. The Morgan fingerprint density at radius 3 is 2.47 bits per heavy atom. The zero-order valence-corrected chi connectivity index (χ0v) is 8.48. The molecule has 0 aliphatic carbocycles. The summed E-state index contributed by atoms with van der Waals surface area (Å²) < 4.78 is 0. The number of aryl methyl sites for hydroxylation is 2. The van der Waals surface area contributed by atoms with Gasteiger partial charge in [0.05, 0.1) is 11.6 Å². The molecule has 0 saturated heterocycles. The lowest BCUT2D eigenvalue weighted by atomic mass is 9.97. The fraction of sp³-hybridized carbons (Fsp3) is 0.273. The number of carboxylic acids is 1. The van der Waals surface area contributed by atoms with Gasteiger partial charge in [0.1, 0.15) is 0 Å². The summed E-state index contributed by atoms with van der Waals surface area (Å²) >= 11 is 0. The Kier molecular flexibility index (Phi) is 3.08. The zero-order chi connectivity index (χ0) is 11.6. The molecule has 78 valence electrons. The average molecular weight is 205 g/mol. The van der Waals surface area contributed by atoms with Crippen LogP contribution < -0.4 is 0 Å². The quantitative estimate of drug-likeness (QED) is 0.762. The van der Waals surface area contributed by atoms with Crippen LogP contribution in [0.4, 0.5) is 0 Å². The predicted octanol–water partition coefficient (Wildman–Crippen LogP) is 1.29. The average Bonchev–Trinajstić information content (AvgIpc) is 2.19. The molecular formula is C11H11NO3. The van der Waals surface area contributed by atoms with Gasteiger partial charge in [-0.1, -0.05) is 6.07 Å². The van der Waals surface area contributed by atoms with Crippen molar-refractivity contribution in [1.29, 1.82) is 5.26 Å². The van der Waals surface area contributed by atoms with E-state index < -0.39 is 12.1 Å². The molecule has 1 unspecified atom stereocenters. The predicted molar refractivity (Wildman–Crippen MR) is 53.2 cm³/mol. The minimum atomic E-state index is -1.53. The Morgan fingerprint density at radius 1 is 1.40 bits per heavy atom. The molecule has 1 atom stereocenters. The molecular weight excluding hydrogens is 194 g/mol. The van der Waals surface area contributed by atoms with Gasteiger partial charge in [0.2, 0.25) is 0 Å². The Labute approximate surface area is 87.4 Å². The van der Waals surface area contributed by atoms with Gasteiger partial charge >= 0.3 is 5.97 Å². The van der Waals surface area contributed by atoms with Crippen LogP contribution in [0.2, 0.25) is 0 Å². The van der Waals surface area contributed by atoms with Crippen molar-refractivity contribution in [3.05, 3.63) is 34.4 Å². The monoisotopic (exact) mass is 205 g/mol. The SMILES string of the molecule is Cc1cc(C(O)C(=O)O)c(C)cc1C#N. The van der Waals surface area contributed by atoms with Crippen LogP contribution in [0.3, 0.4) is 0 Å². The molecule has 1 aromatic carbocycles. The summed E-state index contributed by atoms with van der Waals surface area (Å²) in [6.07, 6.45) is -1.53. The van der Waals surface area contributed by atoms with E-state index in [-0.39, 0.29) is 0 Å². The molecule has 0 heterocycles. The van der Waals surface area contributed by atoms with Gasteiger partial charge in [-0.3, -0.25) is 0 Å². The van der Waals surface area contributed by atoms with Crippen LogP contribution in [0.5, 0.6) is 0 Å². The molecule has 0 aromatic heterocycles. The summed E-state index contributed by atoms with van der Waals surface area (Å²) in [4.78, 5) is 10.6. The molecule has 0 radical (unpaired) electrons. The number of benzene rings is 1. The molecule has 0 saturated carbocycles. The Hall–Kier alpha value is -1.86. The maximum Gasteiger partial charge on any atom is 0.337 e. The second-order valence-corrected chi connectivity index (χ2v) is 3.38. The third-order valence-electron chi connectivity index (χ3n) is 2.26. The maximum absolute atomic E-state index is 10.6. The number of aliphatic hydroxyl groups is 1. The van der Waals surface area contributed by atoms with Crippen molar-refractivity contribution in [2.45, 2.75) is 20.0 Å². The van der Waals surface area contributed by atoms with Crippen molar-refractivity contribution < 1.29 is 15.0 Å². The van der Waals surface area contributed by atoms with Crippen molar-refractivity contribution in [2.24, 2.45) is 0 Å². The van der Waals surface area contributed by atoms with Gasteiger partial charge in [0, 0.05) is 0 Å². The number of carbonyl (C=O) groups is 1. The Balaban J connectivity index is 3.29. The molecule has 1 rings (SSSR count). The van der Waals surface area contributed by atoms with Crippen LogP contribution in [0.15, 0.2) is 12.1 Å². The van der Waals surface area contributed by atoms with E-state index in [0.29, 0.717) is 22.3 Å². The van der Waals surface area contributed by atoms with Gasteiger partial charge in [0.25, 0.3) is 0 Å². The fourth-order valence-corrected chi connectivity index (χ4v) is 1.39.